The molecule has 0 saturated carbocycles. The van der Waals surface area contributed by atoms with E-state index in [1.165, 1.54) is 4.90 Å². The second kappa shape index (κ2) is 5.68. The molecule has 1 aliphatic heterocycles. The van der Waals surface area contributed by atoms with Gasteiger partial charge >= 0.3 is 11.7 Å². The Hall–Kier alpha value is -2.12. The molecule has 0 aromatic carbocycles. The minimum atomic E-state index is -0.978. The molecular weight excluding hydrogens is 252 g/mol. The maximum atomic E-state index is 11.7. The van der Waals surface area contributed by atoms with Crippen LogP contribution in [0.2, 0.25) is 0 Å². The van der Waals surface area contributed by atoms with Crippen LogP contribution in [0.3, 0.4) is 0 Å². The Bertz CT molecular complexity index is 564. The second-order valence-electron chi connectivity index (χ2n) is 4.58. The van der Waals surface area contributed by atoms with Crippen LogP contribution >= 0.6 is 0 Å². The van der Waals surface area contributed by atoms with Gasteiger partial charge in [-0.2, -0.15) is 0 Å². The monoisotopic (exact) mass is 268 g/mol. The van der Waals surface area contributed by atoms with Crippen molar-refractivity contribution >= 4 is 11.8 Å². The third kappa shape index (κ3) is 3.01. The number of nitrogens with zero attached hydrogens (tertiary/aromatic N) is 2. The molecule has 0 aliphatic carbocycles. The fourth-order valence-electron chi connectivity index (χ4n) is 2.33. The van der Waals surface area contributed by atoms with Crippen molar-refractivity contribution in [2.24, 2.45) is 0 Å². The van der Waals surface area contributed by atoms with Gasteiger partial charge in [-0.15, -0.1) is 5.10 Å². The van der Waals surface area contributed by atoms with Crippen molar-refractivity contribution in [3.05, 3.63) is 20.8 Å². The molecule has 104 valence electrons. The Kier molecular flexibility index (Phi) is 3.98. The summed E-state index contributed by atoms with van der Waals surface area (Å²) in [5, 5.41) is 15.1. The summed E-state index contributed by atoms with van der Waals surface area (Å²) in [6, 6.07) is -0.778. The summed E-state index contributed by atoms with van der Waals surface area (Å²) >= 11 is 0. The lowest BCUT2D eigenvalue weighted by Gasteiger charge is -2.30. The first-order chi connectivity index (χ1) is 9.09. The van der Waals surface area contributed by atoms with Crippen LogP contribution < -0.4 is 16.1 Å². The molecule has 1 unspecified atom stereocenters. The number of aromatic nitrogens is 3. The Morgan fingerprint density at radius 1 is 1.26 bits per heavy atom. The fraction of sp³-hybridized carbons (Fsp3) is 0.636. The molecule has 0 bridgehead atoms. The van der Waals surface area contributed by atoms with Gasteiger partial charge in [0.1, 0.15) is 6.04 Å². The third-order valence-corrected chi connectivity index (χ3v) is 3.25. The summed E-state index contributed by atoms with van der Waals surface area (Å²) in [6.45, 7) is 0.444. The van der Waals surface area contributed by atoms with Gasteiger partial charge in [-0.05, 0) is 12.8 Å². The first kappa shape index (κ1) is 13.3. The Morgan fingerprint density at radius 3 is 2.68 bits per heavy atom. The lowest BCUT2D eigenvalue weighted by atomic mass is 10.0. The van der Waals surface area contributed by atoms with E-state index in [0.717, 1.165) is 25.7 Å². The SMILES string of the molecule is O=C(O)C1CCCCCCN1c1n[nH]c(=O)[nH]c1=O. The van der Waals surface area contributed by atoms with Crippen molar-refractivity contribution in [2.45, 2.75) is 38.1 Å². The highest BCUT2D eigenvalue weighted by Crippen LogP contribution is 2.19. The number of rotatable bonds is 2. The van der Waals surface area contributed by atoms with Gasteiger partial charge < -0.3 is 10.0 Å². The summed E-state index contributed by atoms with van der Waals surface area (Å²) in [6.07, 6.45) is 4.05. The van der Waals surface area contributed by atoms with Crippen LogP contribution in [0.1, 0.15) is 32.1 Å². The lowest BCUT2D eigenvalue weighted by Crippen LogP contribution is -2.46. The number of hydrogen-bond donors (Lipinski definition) is 3. The van der Waals surface area contributed by atoms with Gasteiger partial charge in [-0.25, -0.2) is 14.7 Å². The van der Waals surface area contributed by atoms with Crippen LogP contribution in [0.15, 0.2) is 9.59 Å². The smallest absolute Gasteiger partial charge is 0.342 e. The van der Waals surface area contributed by atoms with E-state index < -0.39 is 23.3 Å². The number of aliphatic carboxylic acids is 1. The van der Waals surface area contributed by atoms with Crippen LogP contribution in [-0.2, 0) is 4.79 Å². The van der Waals surface area contributed by atoms with Crippen LogP contribution in [0, 0.1) is 0 Å². The number of H-pyrrole nitrogens is 2. The number of aromatic amines is 2. The predicted molar refractivity (Wildman–Crippen MR) is 67.3 cm³/mol. The lowest BCUT2D eigenvalue weighted by molar-refractivity contribution is -0.138. The zero-order valence-electron chi connectivity index (χ0n) is 10.4. The van der Waals surface area contributed by atoms with Gasteiger partial charge in [-0.3, -0.25) is 9.78 Å². The number of nitrogens with one attached hydrogen (secondary N) is 2. The number of hydrogen-bond acceptors (Lipinski definition) is 5. The maximum absolute atomic E-state index is 11.7. The van der Waals surface area contributed by atoms with Crippen molar-refractivity contribution in [1.82, 2.24) is 15.2 Å². The number of carbonyl (C=O) groups is 1. The average molecular weight is 268 g/mol. The minimum absolute atomic E-state index is 0.0334. The molecule has 1 aliphatic rings. The van der Waals surface area contributed by atoms with Crippen molar-refractivity contribution in [3.63, 3.8) is 0 Å². The van der Waals surface area contributed by atoms with E-state index >= 15 is 0 Å². The molecule has 8 heteroatoms. The third-order valence-electron chi connectivity index (χ3n) is 3.25. The first-order valence-corrected chi connectivity index (χ1v) is 6.28. The number of anilines is 1. The highest BCUT2D eigenvalue weighted by Gasteiger charge is 2.29. The standard InChI is InChI=1S/C11H16N4O4/c16-9-8(13-14-11(19)12-9)15-6-4-2-1-3-5-7(15)10(17)18/h7H,1-6H2,(H,17,18)(H2,12,14,16,19). The van der Waals surface area contributed by atoms with Crippen LogP contribution in [0.4, 0.5) is 5.82 Å². The molecule has 2 rings (SSSR count). The normalized spacial score (nSPS) is 20.6. The molecule has 8 nitrogen and oxygen atoms in total. The van der Waals surface area contributed by atoms with E-state index in [4.69, 9.17) is 0 Å². The van der Waals surface area contributed by atoms with Crippen LogP contribution in [0.5, 0.6) is 0 Å². The van der Waals surface area contributed by atoms with E-state index in [-0.39, 0.29) is 5.82 Å². The molecule has 3 N–H and O–H groups in total. The van der Waals surface area contributed by atoms with Gasteiger partial charge in [0.25, 0.3) is 5.56 Å². The predicted octanol–water partition coefficient (Wildman–Crippen LogP) is -0.318. The van der Waals surface area contributed by atoms with Crippen molar-refractivity contribution in [1.29, 1.82) is 0 Å². The van der Waals surface area contributed by atoms with Crippen molar-refractivity contribution in [3.8, 4) is 0 Å². The van der Waals surface area contributed by atoms with Gasteiger partial charge in [0.05, 0.1) is 0 Å². The molecule has 0 spiro atoms. The second-order valence-corrected chi connectivity index (χ2v) is 4.58. The summed E-state index contributed by atoms with van der Waals surface area (Å²) in [5.74, 6) is -1.01. The van der Waals surface area contributed by atoms with Gasteiger partial charge in [0, 0.05) is 6.54 Å². The minimum Gasteiger partial charge on any atom is -0.480 e. The quantitative estimate of drug-likeness (QED) is 0.676. The fourth-order valence-corrected chi connectivity index (χ4v) is 2.33. The van der Waals surface area contributed by atoms with E-state index in [1.807, 2.05) is 0 Å². The zero-order valence-corrected chi connectivity index (χ0v) is 10.4. The van der Waals surface area contributed by atoms with Crippen molar-refractivity contribution in [2.75, 3.05) is 11.4 Å². The molecule has 2 heterocycles. The number of carboxylic acid groups (broad SMARTS) is 1. The molecular formula is C11H16N4O4. The molecule has 1 atom stereocenters. The number of carboxylic acids is 1. The summed E-state index contributed by atoms with van der Waals surface area (Å²) in [4.78, 5) is 37.6. The zero-order chi connectivity index (χ0) is 13.8. The van der Waals surface area contributed by atoms with Crippen LogP contribution in [0.25, 0.3) is 0 Å². The molecule has 1 fully saturated rings. The highest BCUT2D eigenvalue weighted by molar-refractivity contribution is 5.77. The van der Waals surface area contributed by atoms with E-state index in [2.05, 4.69) is 15.2 Å². The topological polar surface area (TPSA) is 119 Å². The molecule has 0 amide bonds. The van der Waals surface area contributed by atoms with E-state index in [0.29, 0.717) is 13.0 Å². The molecule has 1 aromatic rings. The highest BCUT2D eigenvalue weighted by atomic mass is 16.4. The summed E-state index contributed by atoms with van der Waals surface area (Å²) < 4.78 is 0. The van der Waals surface area contributed by atoms with Gasteiger partial charge in [0.15, 0.2) is 0 Å². The Balaban J connectivity index is 2.38. The summed E-state index contributed by atoms with van der Waals surface area (Å²) in [5.41, 5.74) is -1.36. The maximum Gasteiger partial charge on any atom is 0.342 e. The molecule has 19 heavy (non-hydrogen) atoms. The van der Waals surface area contributed by atoms with Crippen molar-refractivity contribution < 1.29 is 9.90 Å². The van der Waals surface area contributed by atoms with Gasteiger partial charge in [-0.1, -0.05) is 19.3 Å². The first-order valence-electron chi connectivity index (χ1n) is 6.28. The molecule has 1 aromatic heterocycles. The summed E-state index contributed by atoms with van der Waals surface area (Å²) in [7, 11) is 0. The Morgan fingerprint density at radius 2 is 2.00 bits per heavy atom. The van der Waals surface area contributed by atoms with Crippen LogP contribution in [-0.4, -0.2) is 38.8 Å². The molecule has 1 saturated heterocycles. The van der Waals surface area contributed by atoms with E-state index in [1.54, 1.807) is 0 Å². The average Bonchev–Trinajstić information content (AvgIpc) is 2.30. The van der Waals surface area contributed by atoms with E-state index in [9.17, 15) is 19.5 Å². The largest absolute Gasteiger partial charge is 0.480 e. The Labute approximate surface area is 108 Å². The van der Waals surface area contributed by atoms with Gasteiger partial charge in [0.2, 0.25) is 5.82 Å². The molecule has 0 radical (unpaired) electrons.